The Morgan fingerprint density at radius 2 is 2.21 bits per heavy atom. The lowest BCUT2D eigenvalue weighted by molar-refractivity contribution is 0.0955. The first kappa shape index (κ1) is 18.8. The molecule has 146 valence electrons. The Bertz CT molecular complexity index is 949. The van der Waals surface area contributed by atoms with Crippen LogP contribution in [0.1, 0.15) is 50.4 Å². The quantitative estimate of drug-likeness (QED) is 0.694. The van der Waals surface area contributed by atoms with Crippen molar-refractivity contribution in [3.05, 3.63) is 69.4 Å². The zero-order chi connectivity index (χ0) is 19.5. The fourth-order valence-corrected chi connectivity index (χ4v) is 4.87. The van der Waals surface area contributed by atoms with Gasteiger partial charge < -0.3 is 5.32 Å². The molecular weight excluding hydrogens is 370 g/mol. The fourth-order valence-electron chi connectivity index (χ4n) is 3.78. The third-order valence-electron chi connectivity index (χ3n) is 5.19. The van der Waals surface area contributed by atoms with Crippen LogP contribution in [-0.4, -0.2) is 32.1 Å². The third-order valence-corrected chi connectivity index (χ3v) is 6.37. The average Bonchev–Trinajstić information content (AvgIpc) is 3.40. The first-order valence-electron chi connectivity index (χ1n) is 9.61. The maximum absolute atomic E-state index is 12.6. The summed E-state index contributed by atoms with van der Waals surface area (Å²) in [4.78, 5) is 21.5. The molecule has 0 saturated carbocycles. The van der Waals surface area contributed by atoms with E-state index in [-0.39, 0.29) is 5.91 Å². The predicted molar refractivity (Wildman–Crippen MR) is 110 cm³/mol. The second-order valence-electron chi connectivity index (χ2n) is 7.25. The minimum atomic E-state index is -0.0197. The second kappa shape index (κ2) is 8.24. The molecule has 7 heteroatoms. The number of pyridine rings is 1. The van der Waals surface area contributed by atoms with Crippen LogP contribution in [0, 0.1) is 6.92 Å². The molecule has 4 heterocycles. The lowest BCUT2D eigenvalue weighted by Gasteiger charge is -2.23. The number of nitrogens with one attached hydrogen (secondary N) is 1. The van der Waals surface area contributed by atoms with Crippen LogP contribution in [0.4, 0.5) is 0 Å². The molecular formula is C21H25N5OS. The number of amides is 1. The van der Waals surface area contributed by atoms with Crippen molar-refractivity contribution >= 4 is 17.2 Å². The highest BCUT2D eigenvalue weighted by Gasteiger charge is 2.28. The van der Waals surface area contributed by atoms with Gasteiger partial charge in [-0.05, 0) is 50.6 Å². The van der Waals surface area contributed by atoms with Gasteiger partial charge >= 0.3 is 0 Å². The van der Waals surface area contributed by atoms with Crippen LogP contribution in [0.3, 0.4) is 0 Å². The van der Waals surface area contributed by atoms with Crippen molar-refractivity contribution in [2.24, 2.45) is 7.05 Å². The van der Waals surface area contributed by atoms with Crippen LogP contribution in [0.2, 0.25) is 0 Å². The summed E-state index contributed by atoms with van der Waals surface area (Å²) in [6.45, 7) is 4.38. The molecule has 1 saturated heterocycles. The zero-order valence-corrected chi connectivity index (χ0v) is 17.1. The Labute approximate surface area is 169 Å². The lowest BCUT2D eigenvalue weighted by Crippen LogP contribution is -2.23. The second-order valence-corrected chi connectivity index (χ2v) is 8.36. The molecule has 0 spiro atoms. The summed E-state index contributed by atoms with van der Waals surface area (Å²) in [5, 5.41) is 7.34. The van der Waals surface area contributed by atoms with Crippen LogP contribution in [0.25, 0.3) is 0 Å². The molecule has 1 aliphatic heterocycles. The number of aromatic nitrogens is 3. The Kier molecular flexibility index (Phi) is 5.54. The van der Waals surface area contributed by atoms with Crippen LogP contribution in [0.15, 0.2) is 42.7 Å². The summed E-state index contributed by atoms with van der Waals surface area (Å²) >= 11 is 1.60. The zero-order valence-electron chi connectivity index (χ0n) is 16.3. The summed E-state index contributed by atoms with van der Waals surface area (Å²) in [5.41, 5.74) is 3.09. The number of hydrogen-bond acceptors (Lipinski definition) is 5. The summed E-state index contributed by atoms with van der Waals surface area (Å²) < 4.78 is 1.77. The average molecular weight is 396 g/mol. The van der Waals surface area contributed by atoms with E-state index >= 15 is 0 Å². The molecule has 1 amide bonds. The summed E-state index contributed by atoms with van der Waals surface area (Å²) in [5.74, 6) is -0.0197. The molecule has 1 N–H and O–H groups in total. The number of nitrogens with zero attached hydrogens (tertiary/aromatic N) is 4. The number of hydrogen-bond donors (Lipinski definition) is 1. The third kappa shape index (κ3) is 4.15. The molecule has 0 aromatic carbocycles. The van der Waals surface area contributed by atoms with Crippen molar-refractivity contribution in [2.45, 2.75) is 38.9 Å². The maximum atomic E-state index is 12.6. The number of carbonyl (C=O) groups is 1. The van der Waals surface area contributed by atoms with Crippen molar-refractivity contribution in [3.63, 3.8) is 0 Å². The van der Waals surface area contributed by atoms with E-state index in [0.717, 1.165) is 41.3 Å². The molecule has 6 nitrogen and oxygen atoms in total. The SMILES string of the molecule is Cc1nn(C)cc1CNC(=O)c1ccc(C2CCCN2Cc2ccccn2)s1. The van der Waals surface area contributed by atoms with E-state index < -0.39 is 0 Å². The monoisotopic (exact) mass is 395 g/mol. The Morgan fingerprint density at radius 3 is 2.96 bits per heavy atom. The topological polar surface area (TPSA) is 63.1 Å². The molecule has 0 aliphatic carbocycles. The highest BCUT2D eigenvalue weighted by Crippen LogP contribution is 2.36. The van der Waals surface area contributed by atoms with Gasteiger partial charge in [0.25, 0.3) is 5.91 Å². The van der Waals surface area contributed by atoms with Gasteiger partial charge in [-0.2, -0.15) is 5.10 Å². The van der Waals surface area contributed by atoms with Gasteiger partial charge in [0.1, 0.15) is 0 Å². The van der Waals surface area contributed by atoms with Crippen molar-refractivity contribution in [1.29, 1.82) is 0 Å². The first-order valence-corrected chi connectivity index (χ1v) is 10.4. The van der Waals surface area contributed by atoms with Gasteiger partial charge in [-0.25, -0.2) is 0 Å². The summed E-state index contributed by atoms with van der Waals surface area (Å²) in [7, 11) is 1.89. The van der Waals surface area contributed by atoms with E-state index in [1.54, 1.807) is 16.0 Å². The van der Waals surface area contributed by atoms with Crippen LogP contribution in [0.5, 0.6) is 0 Å². The Balaban J connectivity index is 1.40. The molecule has 3 aromatic heterocycles. The summed E-state index contributed by atoms with van der Waals surface area (Å²) in [6.07, 6.45) is 6.10. The van der Waals surface area contributed by atoms with Crippen molar-refractivity contribution in [2.75, 3.05) is 6.54 Å². The van der Waals surface area contributed by atoms with E-state index in [1.165, 1.54) is 11.3 Å². The molecule has 0 bridgehead atoms. The number of carbonyl (C=O) groups excluding carboxylic acids is 1. The molecule has 4 rings (SSSR count). The van der Waals surface area contributed by atoms with E-state index in [9.17, 15) is 4.79 Å². The molecule has 0 radical (unpaired) electrons. The first-order chi connectivity index (χ1) is 13.6. The van der Waals surface area contributed by atoms with Gasteiger partial charge in [0.2, 0.25) is 0 Å². The minimum absolute atomic E-state index is 0.0197. The van der Waals surface area contributed by atoms with Crippen molar-refractivity contribution in [3.8, 4) is 0 Å². The largest absolute Gasteiger partial charge is 0.347 e. The summed E-state index contributed by atoms with van der Waals surface area (Å²) in [6, 6.07) is 10.5. The number of thiophene rings is 1. The maximum Gasteiger partial charge on any atom is 0.261 e. The standard InChI is InChI=1S/C21H25N5OS/c1-15-16(13-25(2)24-15)12-23-21(27)20-9-8-19(28-20)18-7-5-11-26(18)14-17-6-3-4-10-22-17/h3-4,6,8-10,13,18H,5,7,11-12,14H2,1-2H3,(H,23,27). The molecule has 28 heavy (non-hydrogen) atoms. The van der Waals surface area contributed by atoms with Gasteiger partial charge in [0, 0.05) is 49.0 Å². The number of rotatable bonds is 6. The highest BCUT2D eigenvalue weighted by molar-refractivity contribution is 7.14. The van der Waals surface area contributed by atoms with Gasteiger partial charge in [-0.15, -0.1) is 11.3 Å². The molecule has 3 aromatic rings. The molecule has 1 unspecified atom stereocenters. The van der Waals surface area contributed by atoms with Crippen molar-refractivity contribution < 1.29 is 4.79 Å². The predicted octanol–water partition coefficient (Wildman–Crippen LogP) is 3.45. The van der Waals surface area contributed by atoms with Gasteiger partial charge in [0.05, 0.1) is 16.3 Å². The van der Waals surface area contributed by atoms with E-state index in [1.807, 2.05) is 44.6 Å². The molecule has 1 fully saturated rings. The minimum Gasteiger partial charge on any atom is -0.347 e. The normalized spacial score (nSPS) is 17.1. The Morgan fingerprint density at radius 1 is 1.32 bits per heavy atom. The molecule has 1 atom stereocenters. The van der Waals surface area contributed by atoms with Gasteiger partial charge in [0.15, 0.2) is 0 Å². The van der Waals surface area contributed by atoms with Gasteiger partial charge in [-0.3, -0.25) is 19.4 Å². The smallest absolute Gasteiger partial charge is 0.261 e. The van der Waals surface area contributed by atoms with Crippen molar-refractivity contribution in [1.82, 2.24) is 25.0 Å². The van der Waals surface area contributed by atoms with Crippen LogP contribution in [-0.2, 0) is 20.1 Å². The van der Waals surface area contributed by atoms with E-state index in [0.29, 0.717) is 12.6 Å². The Hall–Kier alpha value is -2.51. The van der Waals surface area contributed by atoms with E-state index in [4.69, 9.17) is 0 Å². The fraction of sp³-hybridized carbons (Fsp3) is 0.381. The number of aryl methyl sites for hydroxylation is 2. The van der Waals surface area contributed by atoms with E-state index in [2.05, 4.69) is 32.4 Å². The molecule has 1 aliphatic rings. The highest BCUT2D eigenvalue weighted by atomic mass is 32.1. The number of likely N-dealkylation sites (tertiary alicyclic amines) is 1. The lowest BCUT2D eigenvalue weighted by atomic mass is 10.2. The van der Waals surface area contributed by atoms with Gasteiger partial charge in [-0.1, -0.05) is 6.07 Å². The van der Waals surface area contributed by atoms with Crippen LogP contribution >= 0.6 is 11.3 Å². The van der Waals surface area contributed by atoms with Crippen LogP contribution < -0.4 is 5.32 Å².